The summed E-state index contributed by atoms with van der Waals surface area (Å²) in [5.74, 6) is 1.74. The Kier molecular flexibility index (Phi) is 4.45. The highest BCUT2D eigenvalue weighted by Crippen LogP contribution is 2.29. The molecule has 0 saturated heterocycles. The summed E-state index contributed by atoms with van der Waals surface area (Å²) in [7, 11) is 0. The largest absolute Gasteiger partial charge is 0.383 e. The topological polar surface area (TPSA) is 51.8 Å². The maximum absolute atomic E-state index is 5.95. The fourth-order valence-electron chi connectivity index (χ4n) is 1.58. The summed E-state index contributed by atoms with van der Waals surface area (Å²) in [4.78, 5) is 9.90. The van der Waals surface area contributed by atoms with E-state index in [9.17, 15) is 0 Å². The second-order valence-corrected chi connectivity index (χ2v) is 6.85. The van der Waals surface area contributed by atoms with Crippen molar-refractivity contribution in [1.29, 1.82) is 0 Å². The van der Waals surface area contributed by atoms with Crippen LogP contribution in [0.3, 0.4) is 0 Å². The minimum Gasteiger partial charge on any atom is -0.383 e. The van der Waals surface area contributed by atoms with E-state index in [1.54, 1.807) is 0 Å². The molecule has 2 aromatic rings. The maximum atomic E-state index is 5.95. The Labute approximate surface area is 129 Å². The van der Waals surface area contributed by atoms with Crippen LogP contribution in [0.1, 0.15) is 19.5 Å². The molecular weight excluding hydrogens is 381 g/mol. The summed E-state index contributed by atoms with van der Waals surface area (Å²) in [6.07, 6.45) is 0.900. The molecule has 0 spiro atoms. The van der Waals surface area contributed by atoms with Crippen LogP contribution < -0.4 is 5.73 Å². The van der Waals surface area contributed by atoms with Gasteiger partial charge in [0, 0.05) is 5.38 Å². The van der Waals surface area contributed by atoms with Gasteiger partial charge in [-0.1, -0.05) is 25.4 Å². The summed E-state index contributed by atoms with van der Waals surface area (Å²) in [5, 5.41) is 2.58. The van der Waals surface area contributed by atoms with Crippen LogP contribution in [0, 0.1) is 9.49 Å². The van der Waals surface area contributed by atoms with Gasteiger partial charge in [-0.3, -0.25) is 0 Å². The number of hydrogen-bond donors (Lipinski definition) is 1. The van der Waals surface area contributed by atoms with Gasteiger partial charge in [0.05, 0.1) is 19.2 Å². The molecule has 2 heterocycles. The average molecular weight is 394 g/mol. The van der Waals surface area contributed by atoms with Gasteiger partial charge in [-0.25, -0.2) is 9.97 Å². The van der Waals surface area contributed by atoms with Gasteiger partial charge in [0.25, 0.3) is 0 Å². The molecule has 2 N–H and O–H groups in total. The molecule has 0 fully saturated rings. The Hall–Kier alpha value is -0.400. The molecule has 0 aliphatic heterocycles. The second kappa shape index (κ2) is 5.71. The number of thiophene rings is 1. The van der Waals surface area contributed by atoms with Gasteiger partial charge >= 0.3 is 0 Å². The first kappa shape index (κ1) is 14.0. The van der Waals surface area contributed by atoms with Gasteiger partial charge in [-0.15, -0.1) is 11.3 Å². The van der Waals surface area contributed by atoms with Crippen molar-refractivity contribution in [2.75, 3.05) is 5.73 Å². The van der Waals surface area contributed by atoms with E-state index < -0.39 is 0 Å². The van der Waals surface area contributed by atoms with Gasteiger partial charge in [-0.05, 0) is 41.0 Å². The Morgan fingerprint density at radius 3 is 2.72 bits per heavy atom. The Balaban J connectivity index is 2.46. The molecule has 0 amide bonds. The SMILES string of the molecule is CC(C)Cc1nc(-c2cc(Cl)cs2)nc(N)c1I. The molecule has 2 rings (SSSR count). The number of hydrogen-bond acceptors (Lipinski definition) is 4. The predicted octanol–water partition coefficient (Wildman–Crippen LogP) is 4.24. The number of nitrogens with two attached hydrogens (primary N) is 1. The third-order valence-corrected chi connectivity index (χ3v) is 4.78. The van der Waals surface area contributed by atoms with Crippen LogP contribution in [0.5, 0.6) is 0 Å². The highest BCUT2D eigenvalue weighted by molar-refractivity contribution is 14.1. The van der Waals surface area contributed by atoms with Crippen LogP contribution in [-0.4, -0.2) is 9.97 Å². The quantitative estimate of drug-likeness (QED) is 0.793. The first-order valence-electron chi connectivity index (χ1n) is 5.53. The lowest BCUT2D eigenvalue weighted by Crippen LogP contribution is -2.07. The molecule has 0 radical (unpaired) electrons. The van der Waals surface area contributed by atoms with Gasteiger partial charge in [0.2, 0.25) is 0 Å². The molecule has 0 aliphatic carbocycles. The molecule has 3 nitrogen and oxygen atoms in total. The molecule has 18 heavy (non-hydrogen) atoms. The van der Waals surface area contributed by atoms with E-state index in [2.05, 4.69) is 46.4 Å². The van der Waals surface area contributed by atoms with E-state index in [1.807, 2.05) is 11.4 Å². The van der Waals surface area contributed by atoms with Gasteiger partial charge in [0.15, 0.2) is 5.82 Å². The summed E-state index contributed by atoms with van der Waals surface area (Å²) in [5.41, 5.74) is 6.97. The number of nitrogens with zero attached hydrogens (tertiary/aromatic N) is 2. The lowest BCUT2D eigenvalue weighted by Gasteiger charge is -2.10. The van der Waals surface area contributed by atoms with Crippen molar-refractivity contribution >= 4 is 51.3 Å². The van der Waals surface area contributed by atoms with Crippen LogP contribution in [0.4, 0.5) is 5.82 Å². The number of rotatable bonds is 3. The lowest BCUT2D eigenvalue weighted by atomic mass is 10.1. The Morgan fingerprint density at radius 2 is 2.17 bits per heavy atom. The van der Waals surface area contributed by atoms with Crippen LogP contribution in [0.15, 0.2) is 11.4 Å². The molecule has 0 aromatic carbocycles. The van der Waals surface area contributed by atoms with E-state index in [4.69, 9.17) is 17.3 Å². The van der Waals surface area contributed by atoms with Crippen molar-refractivity contribution in [2.45, 2.75) is 20.3 Å². The maximum Gasteiger partial charge on any atom is 0.171 e. The molecule has 0 unspecified atom stereocenters. The standard InChI is InChI=1S/C12H13ClIN3S/c1-6(2)3-8-10(14)11(15)17-12(16-8)9-4-7(13)5-18-9/h4-6H,3H2,1-2H3,(H2,15,16,17). The smallest absolute Gasteiger partial charge is 0.171 e. The third-order valence-electron chi connectivity index (χ3n) is 2.33. The van der Waals surface area contributed by atoms with Crippen molar-refractivity contribution in [3.8, 4) is 10.7 Å². The summed E-state index contributed by atoms with van der Waals surface area (Å²) in [6, 6.07) is 1.87. The summed E-state index contributed by atoms with van der Waals surface area (Å²) >= 11 is 9.66. The number of anilines is 1. The molecule has 0 atom stereocenters. The minimum atomic E-state index is 0.535. The molecule has 0 bridgehead atoms. The first-order chi connectivity index (χ1) is 8.47. The Morgan fingerprint density at radius 1 is 1.44 bits per heavy atom. The van der Waals surface area contributed by atoms with Crippen molar-refractivity contribution in [1.82, 2.24) is 9.97 Å². The highest BCUT2D eigenvalue weighted by atomic mass is 127. The molecule has 0 aliphatic rings. The molecule has 6 heteroatoms. The summed E-state index contributed by atoms with van der Waals surface area (Å²) < 4.78 is 0.952. The van der Waals surface area contributed by atoms with Crippen molar-refractivity contribution in [3.05, 3.63) is 25.7 Å². The Bertz CT molecular complexity index is 568. The predicted molar refractivity (Wildman–Crippen MR) is 86.0 cm³/mol. The van der Waals surface area contributed by atoms with Crippen LogP contribution >= 0.6 is 45.5 Å². The van der Waals surface area contributed by atoms with Crippen molar-refractivity contribution in [2.24, 2.45) is 5.92 Å². The zero-order valence-corrected chi connectivity index (χ0v) is 13.8. The van der Waals surface area contributed by atoms with E-state index in [1.165, 1.54) is 11.3 Å². The fourth-order valence-corrected chi connectivity index (χ4v) is 3.04. The van der Waals surface area contributed by atoms with E-state index in [-0.39, 0.29) is 0 Å². The molecule has 2 aromatic heterocycles. The van der Waals surface area contributed by atoms with Crippen molar-refractivity contribution < 1.29 is 0 Å². The van der Waals surface area contributed by atoms with Gasteiger partial charge in [0.1, 0.15) is 5.82 Å². The van der Waals surface area contributed by atoms with E-state index in [0.717, 1.165) is 20.6 Å². The minimum absolute atomic E-state index is 0.535. The highest BCUT2D eigenvalue weighted by Gasteiger charge is 2.13. The van der Waals surface area contributed by atoms with Crippen LogP contribution in [0.25, 0.3) is 10.7 Å². The second-order valence-electron chi connectivity index (χ2n) is 4.42. The number of halogens is 2. The normalized spacial score (nSPS) is 11.2. The van der Waals surface area contributed by atoms with Gasteiger partial charge in [-0.2, -0.15) is 0 Å². The van der Waals surface area contributed by atoms with E-state index in [0.29, 0.717) is 22.6 Å². The lowest BCUT2D eigenvalue weighted by molar-refractivity contribution is 0.632. The zero-order valence-electron chi connectivity index (χ0n) is 10.1. The molecular formula is C12H13ClIN3S. The number of aromatic nitrogens is 2. The first-order valence-corrected chi connectivity index (χ1v) is 7.87. The summed E-state index contributed by atoms with van der Waals surface area (Å²) in [6.45, 7) is 4.33. The van der Waals surface area contributed by atoms with Gasteiger partial charge < -0.3 is 5.73 Å². The monoisotopic (exact) mass is 393 g/mol. The van der Waals surface area contributed by atoms with Crippen molar-refractivity contribution in [3.63, 3.8) is 0 Å². The molecule has 0 saturated carbocycles. The zero-order chi connectivity index (χ0) is 13.3. The fraction of sp³-hybridized carbons (Fsp3) is 0.333. The molecule has 96 valence electrons. The van der Waals surface area contributed by atoms with Crippen LogP contribution in [0.2, 0.25) is 5.02 Å². The third kappa shape index (κ3) is 3.13. The average Bonchev–Trinajstić information content (AvgIpc) is 2.70. The van der Waals surface area contributed by atoms with E-state index >= 15 is 0 Å². The van der Waals surface area contributed by atoms with Crippen LogP contribution in [-0.2, 0) is 6.42 Å². The number of nitrogen functional groups attached to an aromatic ring is 1.